The lowest BCUT2D eigenvalue weighted by Gasteiger charge is -2.37. The normalized spacial score (nSPS) is 15.4. The van der Waals surface area contributed by atoms with Gasteiger partial charge < -0.3 is 20.6 Å². The van der Waals surface area contributed by atoms with E-state index < -0.39 is 0 Å². The second-order valence-corrected chi connectivity index (χ2v) is 5.05. The maximum atomic E-state index is 9.34. The molecule has 0 aliphatic carbocycles. The molecule has 0 atom stereocenters. The van der Waals surface area contributed by atoms with E-state index in [1.807, 2.05) is 30.3 Å². The molecule has 2 aromatic carbocycles. The highest BCUT2D eigenvalue weighted by atomic mass is 16.3. The van der Waals surface area contributed by atoms with Crippen LogP contribution in [0.25, 0.3) is 0 Å². The number of piperazine rings is 1. The second kappa shape index (κ2) is 5.33. The molecule has 0 radical (unpaired) electrons. The summed E-state index contributed by atoms with van der Waals surface area (Å²) < 4.78 is 0. The molecular weight excluding hydrogens is 250 g/mol. The van der Waals surface area contributed by atoms with Gasteiger partial charge in [-0.15, -0.1) is 0 Å². The summed E-state index contributed by atoms with van der Waals surface area (Å²) in [4.78, 5) is 4.65. The minimum atomic E-state index is 0.310. The van der Waals surface area contributed by atoms with E-state index in [1.54, 1.807) is 12.1 Å². The zero-order valence-corrected chi connectivity index (χ0v) is 11.4. The first-order chi connectivity index (χ1) is 9.74. The van der Waals surface area contributed by atoms with Crippen molar-refractivity contribution in [3.8, 4) is 5.75 Å². The van der Waals surface area contributed by atoms with Crippen LogP contribution in [0.4, 0.5) is 17.1 Å². The first kappa shape index (κ1) is 12.7. The van der Waals surface area contributed by atoms with Crippen LogP contribution in [0.3, 0.4) is 0 Å². The van der Waals surface area contributed by atoms with Gasteiger partial charge in [0.1, 0.15) is 5.75 Å². The fraction of sp³-hybridized carbons (Fsp3) is 0.250. The third-order valence-electron chi connectivity index (χ3n) is 3.77. The Labute approximate surface area is 119 Å². The van der Waals surface area contributed by atoms with Gasteiger partial charge in [-0.1, -0.05) is 12.1 Å². The molecule has 0 aromatic heterocycles. The molecule has 3 N–H and O–H groups in total. The summed E-state index contributed by atoms with van der Waals surface area (Å²) in [5.74, 6) is 0.310. The molecule has 1 fully saturated rings. The largest absolute Gasteiger partial charge is 0.508 e. The topological polar surface area (TPSA) is 52.7 Å². The Morgan fingerprint density at radius 2 is 1.40 bits per heavy atom. The molecule has 1 saturated heterocycles. The Balaban J connectivity index is 1.68. The number of anilines is 3. The van der Waals surface area contributed by atoms with Crippen LogP contribution >= 0.6 is 0 Å². The molecule has 1 heterocycles. The lowest BCUT2D eigenvalue weighted by Crippen LogP contribution is -2.46. The van der Waals surface area contributed by atoms with Gasteiger partial charge in [-0.05, 0) is 36.4 Å². The number of aromatic hydroxyl groups is 1. The van der Waals surface area contributed by atoms with E-state index >= 15 is 0 Å². The fourth-order valence-corrected chi connectivity index (χ4v) is 2.64. The zero-order valence-electron chi connectivity index (χ0n) is 11.4. The molecular formula is C16H19N3O. The van der Waals surface area contributed by atoms with Crippen LogP contribution in [0.2, 0.25) is 0 Å². The number of phenols is 1. The summed E-state index contributed by atoms with van der Waals surface area (Å²) >= 11 is 0. The Morgan fingerprint density at radius 1 is 0.800 bits per heavy atom. The van der Waals surface area contributed by atoms with E-state index in [4.69, 9.17) is 5.73 Å². The van der Waals surface area contributed by atoms with Crippen molar-refractivity contribution >= 4 is 17.1 Å². The Bertz CT molecular complexity index is 575. The Morgan fingerprint density at radius 3 is 2.05 bits per heavy atom. The number of para-hydroxylation sites is 2. The number of nitrogens with two attached hydrogens (primary N) is 1. The zero-order chi connectivity index (χ0) is 13.9. The minimum Gasteiger partial charge on any atom is -0.508 e. The number of hydrogen-bond acceptors (Lipinski definition) is 4. The molecule has 4 heteroatoms. The fourth-order valence-electron chi connectivity index (χ4n) is 2.64. The lowest BCUT2D eigenvalue weighted by molar-refractivity contribution is 0.475. The predicted molar refractivity (Wildman–Crippen MR) is 83.4 cm³/mol. The highest BCUT2D eigenvalue weighted by molar-refractivity contribution is 5.68. The summed E-state index contributed by atoms with van der Waals surface area (Å²) in [6, 6.07) is 15.4. The number of benzene rings is 2. The highest BCUT2D eigenvalue weighted by Crippen LogP contribution is 2.25. The van der Waals surface area contributed by atoms with Crippen molar-refractivity contribution in [2.75, 3.05) is 41.7 Å². The van der Waals surface area contributed by atoms with Gasteiger partial charge >= 0.3 is 0 Å². The van der Waals surface area contributed by atoms with Crippen LogP contribution in [-0.4, -0.2) is 31.3 Å². The van der Waals surface area contributed by atoms with E-state index in [0.717, 1.165) is 43.2 Å². The summed E-state index contributed by atoms with van der Waals surface area (Å²) in [5, 5.41) is 9.34. The van der Waals surface area contributed by atoms with Crippen LogP contribution in [0.5, 0.6) is 5.75 Å². The summed E-state index contributed by atoms with van der Waals surface area (Å²) in [5.41, 5.74) is 9.15. The van der Waals surface area contributed by atoms with Crippen molar-refractivity contribution in [2.24, 2.45) is 0 Å². The number of hydrogen-bond donors (Lipinski definition) is 2. The van der Waals surface area contributed by atoms with Crippen LogP contribution in [0, 0.1) is 0 Å². The van der Waals surface area contributed by atoms with E-state index in [1.165, 1.54) is 0 Å². The Hall–Kier alpha value is -2.36. The summed E-state index contributed by atoms with van der Waals surface area (Å²) in [6.07, 6.45) is 0. The summed E-state index contributed by atoms with van der Waals surface area (Å²) in [6.45, 7) is 3.82. The van der Waals surface area contributed by atoms with Gasteiger partial charge in [0.15, 0.2) is 0 Å². The van der Waals surface area contributed by atoms with Gasteiger partial charge in [0, 0.05) is 31.9 Å². The number of nitrogens with zero attached hydrogens (tertiary/aromatic N) is 2. The number of rotatable bonds is 2. The van der Waals surface area contributed by atoms with Crippen LogP contribution < -0.4 is 15.5 Å². The Kier molecular flexibility index (Phi) is 3.37. The van der Waals surface area contributed by atoms with Gasteiger partial charge in [0.05, 0.1) is 11.4 Å². The van der Waals surface area contributed by atoms with Gasteiger partial charge in [0.2, 0.25) is 0 Å². The van der Waals surface area contributed by atoms with Crippen LogP contribution in [0.1, 0.15) is 0 Å². The molecule has 1 aliphatic heterocycles. The van der Waals surface area contributed by atoms with Crippen LogP contribution in [-0.2, 0) is 0 Å². The van der Waals surface area contributed by atoms with Crippen molar-refractivity contribution in [3.05, 3.63) is 48.5 Å². The van der Waals surface area contributed by atoms with Gasteiger partial charge in [0.25, 0.3) is 0 Å². The van der Waals surface area contributed by atoms with Gasteiger partial charge in [-0.2, -0.15) is 0 Å². The molecule has 0 unspecified atom stereocenters. The maximum absolute atomic E-state index is 9.34. The smallest absolute Gasteiger partial charge is 0.115 e. The predicted octanol–water partition coefficient (Wildman–Crippen LogP) is 2.30. The standard InChI is InChI=1S/C16H19N3O/c17-15-3-1-2-4-16(15)19-11-9-18(10-12-19)13-5-7-14(20)8-6-13/h1-8,20H,9-12,17H2. The maximum Gasteiger partial charge on any atom is 0.115 e. The SMILES string of the molecule is Nc1ccccc1N1CCN(c2ccc(O)cc2)CC1. The number of phenolic OH excluding ortho intramolecular Hbond substituents is 1. The first-order valence-electron chi connectivity index (χ1n) is 6.87. The van der Waals surface area contributed by atoms with Crippen molar-refractivity contribution < 1.29 is 5.11 Å². The number of nitrogen functional groups attached to an aromatic ring is 1. The molecule has 0 spiro atoms. The lowest BCUT2D eigenvalue weighted by atomic mass is 10.2. The monoisotopic (exact) mass is 269 g/mol. The van der Waals surface area contributed by atoms with Crippen molar-refractivity contribution in [2.45, 2.75) is 0 Å². The molecule has 104 valence electrons. The molecule has 3 rings (SSSR count). The van der Waals surface area contributed by atoms with E-state index in [9.17, 15) is 5.11 Å². The molecule has 0 amide bonds. The summed E-state index contributed by atoms with van der Waals surface area (Å²) in [7, 11) is 0. The second-order valence-electron chi connectivity index (χ2n) is 5.05. The van der Waals surface area contributed by atoms with E-state index in [0.29, 0.717) is 5.75 Å². The highest BCUT2D eigenvalue weighted by Gasteiger charge is 2.18. The van der Waals surface area contributed by atoms with Crippen molar-refractivity contribution in [1.29, 1.82) is 0 Å². The van der Waals surface area contributed by atoms with Crippen molar-refractivity contribution in [1.82, 2.24) is 0 Å². The average Bonchev–Trinajstić information content (AvgIpc) is 2.49. The van der Waals surface area contributed by atoms with Gasteiger partial charge in [-0.25, -0.2) is 0 Å². The average molecular weight is 269 g/mol. The third-order valence-corrected chi connectivity index (χ3v) is 3.77. The van der Waals surface area contributed by atoms with Crippen LogP contribution in [0.15, 0.2) is 48.5 Å². The molecule has 2 aromatic rings. The first-order valence-corrected chi connectivity index (χ1v) is 6.87. The molecule has 0 bridgehead atoms. The third kappa shape index (κ3) is 2.50. The van der Waals surface area contributed by atoms with Gasteiger partial charge in [-0.3, -0.25) is 0 Å². The molecule has 0 saturated carbocycles. The van der Waals surface area contributed by atoms with E-state index in [2.05, 4.69) is 15.9 Å². The minimum absolute atomic E-state index is 0.310. The van der Waals surface area contributed by atoms with E-state index in [-0.39, 0.29) is 0 Å². The quantitative estimate of drug-likeness (QED) is 0.821. The molecule has 20 heavy (non-hydrogen) atoms. The molecule has 4 nitrogen and oxygen atoms in total. The molecule has 1 aliphatic rings. The van der Waals surface area contributed by atoms with Crippen molar-refractivity contribution in [3.63, 3.8) is 0 Å².